The third kappa shape index (κ3) is 2.82. The third-order valence-electron chi connectivity index (χ3n) is 4.64. The number of carbonyl (C=O) groups is 1. The van der Waals surface area contributed by atoms with E-state index in [9.17, 15) is 9.18 Å². The van der Waals surface area contributed by atoms with E-state index in [1.54, 1.807) is 0 Å². The van der Waals surface area contributed by atoms with Crippen LogP contribution in [0.25, 0.3) is 5.70 Å². The molecule has 0 spiro atoms. The summed E-state index contributed by atoms with van der Waals surface area (Å²) < 4.78 is 25.6. The fourth-order valence-corrected chi connectivity index (χ4v) is 3.54. The first kappa shape index (κ1) is 16.9. The summed E-state index contributed by atoms with van der Waals surface area (Å²) in [5.74, 6) is 0.224. The van der Waals surface area contributed by atoms with Gasteiger partial charge in [0.25, 0.3) is 5.91 Å². The Labute approximate surface area is 155 Å². The zero-order valence-electron chi connectivity index (χ0n) is 14.1. The second kappa shape index (κ2) is 6.65. The molecule has 0 fully saturated rings. The van der Waals surface area contributed by atoms with E-state index in [1.165, 1.54) is 23.1 Å². The first-order chi connectivity index (χ1) is 12.6. The number of hydrogen-bond donors (Lipinski definition) is 0. The highest BCUT2D eigenvalue weighted by Gasteiger charge is 2.30. The second-order valence-electron chi connectivity index (χ2n) is 6.26. The van der Waals surface area contributed by atoms with Crippen LogP contribution in [0.15, 0.2) is 36.9 Å². The molecule has 0 bridgehead atoms. The minimum Gasteiger partial charge on any atom is -0.490 e. The maximum Gasteiger partial charge on any atom is 0.262 e. The number of benzene rings is 2. The van der Waals surface area contributed by atoms with Crippen LogP contribution in [0, 0.1) is 5.82 Å². The lowest BCUT2D eigenvalue weighted by Gasteiger charge is -2.32. The zero-order chi connectivity index (χ0) is 18.3. The molecule has 1 amide bonds. The van der Waals surface area contributed by atoms with E-state index in [4.69, 9.17) is 21.1 Å². The number of carbonyl (C=O) groups excluding carboxylic acids is 1. The van der Waals surface area contributed by atoms with Gasteiger partial charge in [0.05, 0.1) is 23.8 Å². The van der Waals surface area contributed by atoms with Gasteiger partial charge in [-0.15, -0.1) is 0 Å². The first-order valence-corrected chi connectivity index (χ1v) is 8.81. The SMILES string of the molecule is C=C1c2cc3c(cc2CCN1C(=O)c1c(F)cccc1Cl)OCCCO3. The van der Waals surface area contributed by atoms with Gasteiger partial charge in [0, 0.05) is 24.2 Å². The third-order valence-corrected chi connectivity index (χ3v) is 4.95. The van der Waals surface area contributed by atoms with Gasteiger partial charge in [-0.05, 0) is 36.2 Å². The van der Waals surface area contributed by atoms with Crippen molar-refractivity contribution < 1.29 is 18.7 Å². The van der Waals surface area contributed by atoms with E-state index in [0.29, 0.717) is 43.4 Å². The van der Waals surface area contributed by atoms with E-state index in [0.717, 1.165) is 17.5 Å². The lowest BCUT2D eigenvalue weighted by molar-refractivity contribution is 0.0829. The molecule has 2 aliphatic rings. The van der Waals surface area contributed by atoms with Crippen molar-refractivity contribution in [1.82, 2.24) is 4.90 Å². The van der Waals surface area contributed by atoms with Gasteiger partial charge in [-0.1, -0.05) is 24.2 Å². The molecular formula is C20H17ClFNO3. The average molecular weight is 374 g/mol. The van der Waals surface area contributed by atoms with Crippen molar-refractivity contribution in [1.29, 1.82) is 0 Å². The Hall–Kier alpha value is -2.53. The molecule has 0 saturated heterocycles. The summed E-state index contributed by atoms with van der Waals surface area (Å²) >= 11 is 6.05. The Morgan fingerprint density at radius 3 is 2.65 bits per heavy atom. The molecule has 2 aliphatic heterocycles. The predicted molar refractivity (Wildman–Crippen MR) is 97.2 cm³/mol. The molecule has 4 rings (SSSR count). The number of ether oxygens (including phenoxy) is 2. The molecule has 0 aliphatic carbocycles. The molecule has 0 aromatic heterocycles. The van der Waals surface area contributed by atoms with E-state index in [-0.39, 0.29) is 10.6 Å². The van der Waals surface area contributed by atoms with Crippen LogP contribution in [-0.2, 0) is 6.42 Å². The maximum absolute atomic E-state index is 14.2. The van der Waals surface area contributed by atoms with Crippen LogP contribution in [-0.4, -0.2) is 30.6 Å². The van der Waals surface area contributed by atoms with Gasteiger partial charge in [0.2, 0.25) is 0 Å². The Morgan fingerprint density at radius 1 is 1.19 bits per heavy atom. The Kier molecular flexibility index (Phi) is 4.32. The molecule has 0 N–H and O–H groups in total. The molecule has 0 atom stereocenters. The quantitative estimate of drug-likeness (QED) is 0.747. The molecule has 0 saturated carbocycles. The Bertz CT molecular complexity index is 892. The van der Waals surface area contributed by atoms with Crippen molar-refractivity contribution in [3.63, 3.8) is 0 Å². The zero-order valence-corrected chi connectivity index (χ0v) is 14.8. The summed E-state index contributed by atoms with van der Waals surface area (Å²) in [6, 6.07) is 8.00. The van der Waals surface area contributed by atoms with Crippen LogP contribution >= 0.6 is 11.6 Å². The van der Waals surface area contributed by atoms with Gasteiger partial charge in [0.15, 0.2) is 11.5 Å². The topological polar surface area (TPSA) is 38.8 Å². The monoisotopic (exact) mass is 373 g/mol. The molecule has 26 heavy (non-hydrogen) atoms. The normalized spacial score (nSPS) is 16.1. The van der Waals surface area contributed by atoms with Crippen LogP contribution in [0.1, 0.15) is 27.9 Å². The molecule has 6 heteroatoms. The second-order valence-corrected chi connectivity index (χ2v) is 6.66. The fraction of sp³-hybridized carbons (Fsp3) is 0.250. The number of nitrogens with zero attached hydrogens (tertiary/aromatic N) is 1. The highest BCUT2D eigenvalue weighted by molar-refractivity contribution is 6.34. The first-order valence-electron chi connectivity index (χ1n) is 8.44. The van der Waals surface area contributed by atoms with E-state index >= 15 is 0 Å². The number of rotatable bonds is 1. The predicted octanol–water partition coefficient (Wildman–Crippen LogP) is 4.31. The van der Waals surface area contributed by atoms with Gasteiger partial charge < -0.3 is 14.4 Å². The van der Waals surface area contributed by atoms with Crippen molar-refractivity contribution in [3.8, 4) is 11.5 Å². The highest BCUT2D eigenvalue weighted by atomic mass is 35.5. The van der Waals surface area contributed by atoms with Gasteiger partial charge in [-0.2, -0.15) is 0 Å². The van der Waals surface area contributed by atoms with Gasteiger partial charge in [-0.25, -0.2) is 4.39 Å². The molecule has 2 heterocycles. The van der Waals surface area contributed by atoms with Crippen LogP contribution in [0.5, 0.6) is 11.5 Å². The molecular weight excluding hydrogens is 357 g/mol. The Balaban J connectivity index is 1.70. The lowest BCUT2D eigenvalue weighted by atomic mass is 9.95. The smallest absolute Gasteiger partial charge is 0.262 e. The van der Waals surface area contributed by atoms with Gasteiger partial charge in [-0.3, -0.25) is 4.79 Å². The minimum absolute atomic E-state index is 0.0901. The maximum atomic E-state index is 14.2. The molecule has 2 aromatic carbocycles. The summed E-state index contributed by atoms with van der Waals surface area (Å²) in [5.41, 5.74) is 2.21. The van der Waals surface area contributed by atoms with E-state index < -0.39 is 11.7 Å². The van der Waals surface area contributed by atoms with Crippen LogP contribution < -0.4 is 9.47 Å². The summed E-state index contributed by atoms with van der Waals surface area (Å²) in [6.45, 7) is 5.65. The van der Waals surface area contributed by atoms with Crippen molar-refractivity contribution >= 4 is 23.2 Å². The van der Waals surface area contributed by atoms with Crippen molar-refractivity contribution in [3.05, 3.63) is 64.4 Å². The van der Waals surface area contributed by atoms with Crippen molar-refractivity contribution in [2.45, 2.75) is 12.8 Å². The van der Waals surface area contributed by atoms with Crippen LogP contribution in [0.4, 0.5) is 4.39 Å². The lowest BCUT2D eigenvalue weighted by Crippen LogP contribution is -2.35. The van der Waals surface area contributed by atoms with Gasteiger partial charge >= 0.3 is 0 Å². The van der Waals surface area contributed by atoms with E-state index in [1.807, 2.05) is 12.1 Å². The number of hydrogen-bond acceptors (Lipinski definition) is 3. The standard InChI is InChI=1S/C20H17ClFNO3/c1-12-14-11-18-17(25-8-3-9-26-18)10-13(14)6-7-23(12)20(24)19-15(21)4-2-5-16(19)22/h2,4-5,10-11H,1,3,6-9H2. The average Bonchev–Trinajstić information content (AvgIpc) is 2.85. The van der Waals surface area contributed by atoms with Crippen molar-refractivity contribution in [2.75, 3.05) is 19.8 Å². The number of amides is 1. The summed E-state index contributed by atoms with van der Waals surface area (Å²) in [7, 11) is 0. The molecule has 134 valence electrons. The summed E-state index contributed by atoms with van der Waals surface area (Å²) in [5, 5.41) is 0.0901. The molecule has 0 unspecified atom stereocenters. The van der Waals surface area contributed by atoms with Gasteiger partial charge in [0.1, 0.15) is 5.82 Å². The Morgan fingerprint density at radius 2 is 1.92 bits per heavy atom. The van der Waals surface area contributed by atoms with E-state index in [2.05, 4.69) is 6.58 Å². The highest BCUT2D eigenvalue weighted by Crippen LogP contribution is 2.39. The summed E-state index contributed by atoms with van der Waals surface area (Å²) in [4.78, 5) is 14.4. The largest absolute Gasteiger partial charge is 0.490 e. The molecule has 0 radical (unpaired) electrons. The molecule has 4 nitrogen and oxygen atoms in total. The minimum atomic E-state index is -0.639. The summed E-state index contributed by atoms with van der Waals surface area (Å²) in [6.07, 6.45) is 1.43. The van der Waals surface area contributed by atoms with Crippen LogP contribution in [0.2, 0.25) is 5.02 Å². The van der Waals surface area contributed by atoms with Crippen molar-refractivity contribution in [2.24, 2.45) is 0 Å². The molecule has 2 aromatic rings. The van der Waals surface area contributed by atoms with Crippen LogP contribution in [0.3, 0.4) is 0 Å². The number of fused-ring (bicyclic) bond motifs is 2. The fourth-order valence-electron chi connectivity index (χ4n) is 3.30. The number of halogens is 2.